The van der Waals surface area contributed by atoms with E-state index < -0.39 is 5.97 Å². The fourth-order valence-electron chi connectivity index (χ4n) is 3.76. The Labute approximate surface area is 215 Å². The van der Waals surface area contributed by atoms with Gasteiger partial charge in [0.2, 0.25) is 5.91 Å². The van der Waals surface area contributed by atoms with Crippen molar-refractivity contribution in [3.63, 3.8) is 0 Å². The zero-order valence-electron chi connectivity index (χ0n) is 18.4. The fraction of sp³-hybridized carbons (Fsp3) is 0.261. The van der Waals surface area contributed by atoms with E-state index in [4.69, 9.17) is 0 Å². The Morgan fingerprint density at radius 3 is 2.26 bits per heavy atom. The highest BCUT2D eigenvalue weighted by Gasteiger charge is 2.22. The average Bonchev–Trinajstić information content (AvgIpc) is 2.78. The minimum absolute atomic E-state index is 0. The molecule has 2 aromatic carbocycles. The summed E-state index contributed by atoms with van der Waals surface area (Å²) in [4.78, 5) is 32.2. The van der Waals surface area contributed by atoms with E-state index in [-0.39, 0.29) is 54.5 Å². The molecule has 1 saturated heterocycles. The number of carbonyl (C=O) groups excluding carboxylic acids is 1. The quantitative estimate of drug-likeness (QED) is 0.481. The van der Waals surface area contributed by atoms with Crippen LogP contribution in [0.1, 0.15) is 23.7 Å². The number of halogens is 4. The molecule has 0 saturated carbocycles. The van der Waals surface area contributed by atoms with Crippen molar-refractivity contribution in [1.82, 2.24) is 4.98 Å². The van der Waals surface area contributed by atoms with Gasteiger partial charge in [-0.3, -0.25) is 4.79 Å². The van der Waals surface area contributed by atoms with Crippen molar-refractivity contribution >= 4 is 77.2 Å². The van der Waals surface area contributed by atoms with Gasteiger partial charge in [0.1, 0.15) is 11.6 Å². The molecule has 11 heteroatoms. The molecule has 7 nitrogen and oxygen atoms in total. The zero-order valence-corrected chi connectivity index (χ0v) is 20.8. The van der Waals surface area contributed by atoms with E-state index in [0.717, 1.165) is 0 Å². The second kappa shape index (κ2) is 12.6. The number of nitrogens with one attached hydrogen (secondary N) is 1. The summed E-state index contributed by atoms with van der Waals surface area (Å²) in [5, 5.41) is 13.0. The maximum absolute atomic E-state index is 14.1. The SMILES string of the molecule is CCC(=O)Nc1ccc2nc(N3CCN(c4ccccc4F)CC3)cc(C(=O)O)c2c1.Cl.Cl.Cl. The molecular weight excluding hydrogens is 506 g/mol. The van der Waals surface area contributed by atoms with Crippen LogP contribution < -0.4 is 15.1 Å². The number of nitrogens with zero attached hydrogens (tertiary/aromatic N) is 3. The Bertz CT molecular complexity index is 1160. The number of rotatable bonds is 5. The molecule has 2 N–H and O–H groups in total. The van der Waals surface area contributed by atoms with E-state index in [2.05, 4.69) is 10.3 Å². The van der Waals surface area contributed by atoms with Crippen LogP contribution in [0, 0.1) is 5.82 Å². The Morgan fingerprint density at radius 1 is 1.00 bits per heavy atom. The number of pyridine rings is 1. The molecule has 1 aliphatic heterocycles. The minimum atomic E-state index is -1.06. The lowest BCUT2D eigenvalue weighted by atomic mass is 10.1. The van der Waals surface area contributed by atoms with Crippen LogP contribution in [0.15, 0.2) is 48.5 Å². The van der Waals surface area contributed by atoms with Gasteiger partial charge in [0.25, 0.3) is 0 Å². The molecule has 1 aromatic heterocycles. The largest absolute Gasteiger partial charge is 0.478 e. The van der Waals surface area contributed by atoms with Crippen molar-refractivity contribution in [1.29, 1.82) is 0 Å². The molecule has 184 valence electrons. The Morgan fingerprint density at radius 2 is 1.65 bits per heavy atom. The van der Waals surface area contributed by atoms with Gasteiger partial charge in [-0.15, -0.1) is 37.2 Å². The van der Waals surface area contributed by atoms with Crippen LogP contribution in [0.3, 0.4) is 0 Å². The number of para-hydroxylation sites is 1. The van der Waals surface area contributed by atoms with Gasteiger partial charge in [0, 0.05) is 43.7 Å². The highest BCUT2D eigenvalue weighted by atomic mass is 35.5. The third kappa shape index (κ3) is 6.20. The van der Waals surface area contributed by atoms with Crippen molar-refractivity contribution in [3.8, 4) is 0 Å². The molecular formula is C23H26Cl3FN4O3. The molecule has 1 aliphatic rings. The van der Waals surface area contributed by atoms with Gasteiger partial charge in [-0.05, 0) is 36.4 Å². The molecule has 0 bridgehead atoms. The van der Waals surface area contributed by atoms with Gasteiger partial charge in [0.05, 0.1) is 16.8 Å². The molecule has 0 radical (unpaired) electrons. The predicted octanol–water partition coefficient (Wildman–Crippen LogP) is 5.01. The van der Waals surface area contributed by atoms with Gasteiger partial charge in [-0.2, -0.15) is 0 Å². The number of anilines is 3. The normalized spacial score (nSPS) is 12.8. The number of aromatic nitrogens is 1. The number of piperazine rings is 1. The molecule has 1 fully saturated rings. The minimum Gasteiger partial charge on any atom is -0.478 e. The van der Waals surface area contributed by atoms with Crippen molar-refractivity contribution in [2.45, 2.75) is 13.3 Å². The van der Waals surface area contributed by atoms with Crippen molar-refractivity contribution in [2.75, 3.05) is 41.3 Å². The first-order chi connectivity index (χ1) is 15.0. The Kier molecular flexibility index (Phi) is 10.8. The van der Waals surface area contributed by atoms with Crippen LogP contribution in [0.25, 0.3) is 10.9 Å². The molecule has 4 rings (SSSR count). The number of benzene rings is 2. The number of aromatic carboxylic acids is 1. The maximum atomic E-state index is 14.1. The first kappa shape index (κ1) is 29.2. The number of hydrogen-bond donors (Lipinski definition) is 2. The lowest BCUT2D eigenvalue weighted by Gasteiger charge is -2.37. The van der Waals surface area contributed by atoms with E-state index in [0.29, 0.717) is 60.7 Å². The second-order valence-electron chi connectivity index (χ2n) is 7.39. The summed E-state index contributed by atoms with van der Waals surface area (Å²) in [7, 11) is 0. The third-order valence-electron chi connectivity index (χ3n) is 5.43. The van der Waals surface area contributed by atoms with Crippen LogP contribution in [0.5, 0.6) is 0 Å². The third-order valence-corrected chi connectivity index (χ3v) is 5.43. The first-order valence-corrected chi connectivity index (χ1v) is 10.2. The van der Waals surface area contributed by atoms with Crippen LogP contribution >= 0.6 is 37.2 Å². The van der Waals surface area contributed by atoms with Crippen LogP contribution in [0.2, 0.25) is 0 Å². The highest BCUT2D eigenvalue weighted by Crippen LogP contribution is 2.28. The number of amides is 1. The number of hydrogen-bond acceptors (Lipinski definition) is 5. The van der Waals surface area contributed by atoms with Crippen LogP contribution in [-0.2, 0) is 4.79 Å². The standard InChI is InChI=1S/C23H23FN4O3.3ClH/c1-2-22(29)25-15-7-8-19-16(13-15)17(23(30)31)14-21(26-19)28-11-9-27(10-12-28)20-6-4-3-5-18(20)24;;;/h3-8,13-14H,2,9-12H2,1H3,(H,25,29)(H,30,31);3*1H. The molecule has 1 amide bonds. The van der Waals surface area contributed by atoms with Gasteiger partial charge >= 0.3 is 5.97 Å². The topological polar surface area (TPSA) is 85.8 Å². The zero-order chi connectivity index (χ0) is 22.0. The second-order valence-corrected chi connectivity index (χ2v) is 7.39. The number of carbonyl (C=O) groups is 2. The van der Waals surface area contributed by atoms with Crippen molar-refractivity contribution in [2.24, 2.45) is 0 Å². The Balaban J connectivity index is 0.00000193. The van der Waals surface area contributed by atoms with Crippen molar-refractivity contribution in [3.05, 3.63) is 59.9 Å². The molecule has 0 spiro atoms. The lowest BCUT2D eigenvalue weighted by Crippen LogP contribution is -2.47. The van der Waals surface area contributed by atoms with E-state index >= 15 is 0 Å². The summed E-state index contributed by atoms with van der Waals surface area (Å²) >= 11 is 0. The molecule has 0 aliphatic carbocycles. The van der Waals surface area contributed by atoms with E-state index in [1.165, 1.54) is 6.07 Å². The lowest BCUT2D eigenvalue weighted by molar-refractivity contribution is -0.115. The van der Waals surface area contributed by atoms with Gasteiger partial charge in [-0.25, -0.2) is 14.2 Å². The fourth-order valence-corrected chi connectivity index (χ4v) is 3.76. The summed E-state index contributed by atoms with van der Waals surface area (Å²) in [5.41, 5.74) is 1.78. The molecule has 2 heterocycles. The molecule has 3 aromatic rings. The maximum Gasteiger partial charge on any atom is 0.336 e. The molecule has 0 atom stereocenters. The van der Waals surface area contributed by atoms with Crippen molar-refractivity contribution < 1.29 is 19.1 Å². The van der Waals surface area contributed by atoms with Gasteiger partial charge in [0.15, 0.2) is 0 Å². The van der Waals surface area contributed by atoms with Gasteiger partial charge < -0.3 is 20.2 Å². The van der Waals surface area contributed by atoms with E-state index in [1.807, 2.05) is 15.9 Å². The predicted molar refractivity (Wildman–Crippen MR) is 140 cm³/mol. The first-order valence-electron chi connectivity index (χ1n) is 10.2. The molecule has 0 unspecified atom stereocenters. The average molecular weight is 532 g/mol. The monoisotopic (exact) mass is 530 g/mol. The van der Waals surface area contributed by atoms with Crippen LogP contribution in [0.4, 0.5) is 21.6 Å². The summed E-state index contributed by atoms with van der Waals surface area (Å²) in [6.45, 7) is 4.14. The smallest absolute Gasteiger partial charge is 0.336 e. The highest BCUT2D eigenvalue weighted by molar-refractivity contribution is 6.05. The van der Waals surface area contributed by atoms with Gasteiger partial charge in [-0.1, -0.05) is 19.1 Å². The Hall–Kier alpha value is -2.81. The summed E-state index contributed by atoms with van der Waals surface area (Å²) in [6.07, 6.45) is 0.333. The summed E-state index contributed by atoms with van der Waals surface area (Å²) in [5.74, 6) is -0.881. The van der Waals surface area contributed by atoms with E-state index in [1.54, 1.807) is 43.3 Å². The number of carboxylic acid groups (broad SMARTS) is 1. The van der Waals surface area contributed by atoms with E-state index in [9.17, 15) is 19.1 Å². The summed E-state index contributed by atoms with van der Waals surface area (Å²) in [6, 6.07) is 13.3. The van der Waals surface area contributed by atoms with Crippen LogP contribution in [-0.4, -0.2) is 48.1 Å². The summed E-state index contributed by atoms with van der Waals surface area (Å²) < 4.78 is 14.1. The molecule has 34 heavy (non-hydrogen) atoms. The number of carboxylic acids is 1. The number of fused-ring (bicyclic) bond motifs is 1.